The molecule has 0 aliphatic carbocycles. The maximum atomic E-state index is 5.21. The molecular formula is C20H16NiS8-4. The van der Waals surface area contributed by atoms with E-state index in [1.54, 1.807) is 47.0 Å². The molecule has 4 rings (SSSR count). The summed E-state index contributed by atoms with van der Waals surface area (Å²) >= 11 is 27.5. The number of hydrogen-bond donors (Lipinski definition) is 0. The van der Waals surface area contributed by atoms with Gasteiger partial charge >= 0.3 is 0 Å². The van der Waals surface area contributed by atoms with Crippen molar-refractivity contribution in [2.45, 2.75) is 10.5 Å². The van der Waals surface area contributed by atoms with E-state index >= 15 is 0 Å². The van der Waals surface area contributed by atoms with Gasteiger partial charge in [0, 0.05) is 38.5 Å². The van der Waals surface area contributed by atoms with Gasteiger partial charge in [0.05, 0.1) is 0 Å². The molecule has 0 saturated carbocycles. The molecule has 0 amide bonds. The minimum atomic E-state index is 0. The second kappa shape index (κ2) is 13.3. The van der Waals surface area contributed by atoms with Gasteiger partial charge in [-0.2, -0.15) is 40.5 Å². The van der Waals surface area contributed by atoms with E-state index in [-0.39, 0.29) is 16.5 Å². The van der Waals surface area contributed by atoms with Gasteiger partial charge in [-0.3, -0.25) is 0 Å². The van der Waals surface area contributed by atoms with Gasteiger partial charge in [0.2, 0.25) is 0 Å². The molecule has 0 N–H and O–H groups in total. The first kappa shape index (κ1) is 25.9. The molecule has 2 heterocycles. The smallest absolute Gasteiger partial charge is 0.0416 e. The summed E-state index contributed by atoms with van der Waals surface area (Å²) in [5.74, 6) is 2.07. The van der Waals surface area contributed by atoms with Crippen LogP contribution in [0.25, 0.3) is 0 Å². The molecule has 0 aromatic heterocycles. The fourth-order valence-corrected chi connectivity index (χ4v) is 8.37. The number of hydrogen-bond acceptors (Lipinski definition) is 8. The average molecular weight is 572 g/mol. The molecule has 0 spiro atoms. The Bertz CT molecular complexity index is 767. The zero-order valence-electron chi connectivity index (χ0n) is 14.9. The van der Waals surface area contributed by atoms with Crippen molar-refractivity contribution in [1.82, 2.24) is 0 Å². The molecule has 2 aliphatic heterocycles. The van der Waals surface area contributed by atoms with Crippen molar-refractivity contribution in [1.29, 1.82) is 0 Å². The summed E-state index contributed by atoms with van der Waals surface area (Å²) in [5, 5.41) is 0.945. The molecule has 9 heteroatoms. The predicted molar refractivity (Wildman–Crippen MR) is 142 cm³/mol. The van der Waals surface area contributed by atoms with Crippen molar-refractivity contribution < 1.29 is 16.5 Å². The fourth-order valence-electron chi connectivity index (χ4n) is 2.51. The third-order valence-corrected chi connectivity index (χ3v) is 11.7. The Labute approximate surface area is 222 Å². The van der Waals surface area contributed by atoms with Gasteiger partial charge in [0.25, 0.3) is 0 Å². The predicted octanol–water partition coefficient (Wildman–Crippen LogP) is 6.85. The Morgan fingerprint density at radius 3 is 1.21 bits per heavy atom. The Kier molecular flexibility index (Phi) is 11.9. The van der Waals surface area contributed by atoms with Crippen molar-refractivity contribution in [3.05, 3.63) is 88.7 Å². The zero-order valence-corrected chi connectivity index (χ0v) is 22.4. The third-order valence-electron chi connectivity index (χ3n) is 3.91. The van der Waals surface area contributed by atoms with Crippen LogP contribution in [0.4, 0.5) is 0 Å². The molecule has 0 nitrogen and oxygen atoms in total. The van der Waals surface area contributed by atoms with Crippen molar-refractivity contribution in [3.8, 4) is 0 Å². The van der Waals surface area contributed by atoms with Gasteiger partial charge in [0.1, 0.15) is 0 Å². The Hall–Kier alpha value is 0.694. The van der Waals surface area contributed by atoms with Crippen LogP contribution in [0, 0.1) is 0 Å². The molecule has 2 atom stereocenters. The molecule has 2 aliphatic rings. The van der Waals surface area contributed by atoms with Crippen molar-refractivity contribution in [2.24, 2.45) is 0 Å². The van der Waals surface area contributed by atoms with E-state index in [2.05, 4.69) is 48.5 Å². The molecule has 0 radical (unpaired) electrons. The SMILES string of the molecule is [Ni].[S-]C1=C([S-])SC(c2ccccc2)CS1.[S-]C1=C([S-])SC(c2ccccc2)CS1. The van der Waals surface area contributed by atoms with E-state index in [1.165, 1.54) is 11.1 Å². The first-order chi connectivity index (χ1) is 13.5. The number of rotatable bonds is 2. The first-order valence-electron chi connectivity index (χ1n) is 8.40. The van der Waals surface area contributed by atoms with Gasteiger partial charge in [-0.05, 0) is 11.1 Å². The quantitative estimate of drug-likeness (QED) is 0.280. The second-order valence-electron chi connectivity index (χ2n) is 5.81. The topological polar surface area (TPSA) is 0 Å². The van der Waals surface area contributed by atoms with Crippen LogP contribution in [0.3, 0.4) is 0 Å². The summed E-state index contributed by atoms with van der Waals surface area (Å²) in [6, 6.07) is 20.9. The molecule has 2 aromatic rings. The molecule has 2 unspecified atom stereocenters. The minimum absolute atomic E-state index is 0. The van der Waals surface area contributed by atoms with Crippen molar-refractivity contribution >= 4 is 97.6 Å². The second-order valence-corrected chi connectivity index (χ2v) is 13.0. The summed E-state index contributed by atoms with van der Waals surface area (Å²) in [5.41, 5.74) is 2.68. The molecule has 0 bridgehead atoms. The van der Waals surface area contributed by atoms with Gasteiger partial charge in [-0.25, -0.2) is 0 Å². The monoisotopic (exact) mass is 570 g/mol. The molecule has 0 fully saturated rings. The van der Waals surface area contributed by atoms with Crippen LogP contribution in [0.2, 0.25) is 0 Å². The Morgan fingerprint density at radius 1 is 0.552 bits per heavy atom. The van der Waals surface area contributed by atoms with E-state index in [0.717, 1.165) is 28.5 Å². The van der Waals surface area contributed by atoms with Crippen molar-refractivity contribution in [3.63, 3.8) is 0 Å². The summed E-state index contributed by atoms with van der Waals surface area (Å²) in [7, 11) is 0. The van der Waals surface area contributed by atoms with Crippen LogP contribution in [-0.4, -0.2) is 11.5 Å². The van der Waals surface area contributed by atoms with E-state index < -0.39 is 0 Å². The Morgan fingerprint density at radius 2 is 0.897 bits per heavy atom. The minimum Gasteiger partial charge on any atom is -0.774 e. The first-order valence-corrected chi connectivity index (χ1v) is 13.8. The van der Waals surface area contributed by atoms with E-state index in [0.29, 0.717) is 10.5 Å². The third kappa shape index (κ3) is 7.96. The summed E-state index contributed by atoms with van der Waals surface area (Å²) in [4.78, 5) is 0. The molecule has 158 valence electrons. The Balaban J connectivity index is 0.000000200. The normalized spacial score (nSPS) is 21.7. The largest absolute Gasteiger partial charge is 0.774 e. The number of thioether (sulfide) groups is 4. The summed E-state index contributed by atoms with van der Waals surface area (Å²) in [6.07, 6.45) is 0. The molecule has 29 heavy (non-hydrogen) atoms. The van der Waals surface area contributed by atoms with Crippen LogP contribution in [-0.2, 0) is 67.0 Å². The van der Waals surface area contributed by atoms with Gasteiger partial charge < -0.3 is 50.5 Å². The summed E-state index contributed by atoms with van der Waals surface area (Å²) in [6.45, 7) is 0. The van der Waals surface area contributed by atoms with Gasteiger partial charge in [-0.1, -0.05) is 60.7 Å². The van der Waals surface area contributed by atoms with Crippen LogP contribution in [0.15, 0.2) is 77.6 Å². The average Bonchev–Trinajstić information content (AvgIpc) is 2.74. The van der Waals surface area contributed by atoms with Crippen LogP contribution >= 0.6 is 47.0 Å². The van der Waals surface area contributed by atoms with Gasteiger partial charge in [0.15, 0.2) is 0 Å². The van der Waals surface area contributed by atoms with Crippen LogP contribution < -0.4 is 0 Å². The summed E-state index contributed by atoms with van der Waals surface area (Å²) < 4.78 is 3.53. The molecule has 0 saturated heterocycles. The maximum Gasteiger partial charge on any atom is 0.0416 e. The zero-order chi connectivity index (χ0) is 19.9. The van der Waals surface area contributed by atoms with E-state index in [4.69, 9.17) is 50.5 Å². The molecule has 2 aromatic carbocycles. The molecular weight excluding hydrogens is 555 g/mol. The standard InChI is InChI=1S/2C10H10S4.Ni/c2*11-9-10(12)14-8(6-13-9)7-4-2-1-3-5-7;/h2*1-5,8,11-12H,6H2;/p-4. The van der Waals surface area contributed by atoms with E-state index in [9.17, 15) is 0 Å². The van der Waals surface area contributed by atoms with Crippen molar-refractivity contribution in [2.75, 3.05) is 11.5 Å². The maximum absolute atomic E-state index is 5.21. The van der Waals surface area contributed by atoms with Crippen LogP contribution in [0.1, 0.15) is 21.6 Å². The number of benzene rings is 2. The van der Waals surface area contributed by atoms with Crippen LogP contribution in [0.5, 0.6) is 0 Å². The fraction of sp³-hybridized carbons (Fsp3) is 0.200. The van der Waals surface area contributed by atoms with Gasteiger partial charge in [-0.15, -0.1) is 23.5 Å². The van der Waals surface area contributed by atoms with E-state index in [1.807, 2.05) is 12.1 Å².